The number of nitrogens with one attached hydrogen (secondary N) is 1. The number of ether oxygens (including phenoxy) is 1. The van der Waals surface area contributed by atoms with Gasteiger partial charge >= 0.3 is 0 Å². The summed E-state index contributed by atoms with van der Waals surface area (Å²) in [5, 5.41) is 3.49. The molecule has 4 heteroatoms. The fourth-order valence-electron chi connectivity index (χ4n) is 1.92. The minimum absolute atomic E-state index is 0.182. The van der Waals surface area contributed by atoms with Crippen molar-refractivity contribution in [2.45, 2.75) is 13.8 Å². The van der Waals surface area contributed by atoms with E-state index in [0.29, 0.717) is 6.61 Å². The topological polar surface area (TPSA) is 38.3 Å². The van der Waals surface area contributed by atoms with Gasteiger partial charge in [0.2, 0.25) is 5.91 Å². The maximum atomic E-state index is 11.7. The van der Waals surface area contributed by atoms with Gasteiger partial charge in [-0.3, -0.25) is 4.79 Å². The summed E-state index contributed by atoms with van der Waals surface area (Å²) in [4.78, 5) is 11.7. The summed E-state index contributed by atoms with van der Waals surface area (Å²) < 4.78 is 5.65. The summed E-state index contributed by atoms with van der Waals surface area (Å²) >= 11 is 6.04. The Morgan fingerprint density at radius 3 is 2.59 bits per heavy atom. The van der Waals surface area contributed by atoms with E-state index in [1.165, 1.54) is 6.08 Å². The Bertz CT molecular complexity index is 681. The second-order valence-corrected chi connectivity index (χ2v) is 5.27. The monoisotopic (exact) mass is 315 g/mol. The highest BCUT2D eigenvalue weighted by Crippen LogP contribution is 2.27. The summed E-state index contributed by atoms with van der Waals surface area (Å²) in [6.07, 6.45) is 3.15. The molecule has 0 spiro atoms. The molecule has 3 nitrogen and oxygen atoms in total. The van der Waals surface area contributed by atoms with Gasteiger partial charge in [0.1, 0.15) is 12.4 Å². The quantitative estimate of drug-likeness (QED) is 0.823. The zero-order valence-corrected chi connectivity index (χ0v) is 13.4. The molecule has 0 radical (unpaired) electrons. The average Bonchev–Trinajstić information content (AvgIpc) is 2.52. The van der Waals surface area contributed by atoms with Crippen LogP contribution in [0.3, 0.4) is 0 Å². The predicted octanol–water partition coefficient (Wildman–Crippen LogP) is 4.53. The van der Waals surface area contributed by atoms with E-state index in [9.17, 15) is 4.79 Å². The molecule has 0 aliphatic carbocycles. The molecule has 0 saturated carbocycles. The summed E-state index contributed by atoms with van der Waals surface area (Å²) in [7, 11) is 0. The van der Waals surface area contributed by atoms with Crippen LogP contribution in [0.5, 0.6) is 5.75 Å². The van der Waals surface area contributed by atoms with Gasteiger partial charge in [-0.15, -0.1) is 0 Å². The number of halogens is 1. The van der Waals surface area contributed by atoms with Crippen LogP contribution in [0, 0.1) is 13.8 Å². The third kappa shape index (κ3) is 4.37. The van der Waals surface area contributed by atoms with E-state index >= 15 is 0 Å². The van der Waals surface area contributed by atoms with Crippen molar-refractivity contribution in [1.82, 2.24) is 0 Å². The SMILES string of the molecule is Cc1c(Cl)ccc(OC/C=C/C(=O)Nc2ccccc2)c1C. The summed E-state index contributed by atoms with van der Waals surface area (Å²) in [6.45, 7) is 4.24. The number of benzene rings is 2. The Hall–Kier alpha value is -2.26. The van der Waals surface area contributed by atoms with Crippen molar-refractivity contribution in [2.24, 2.45) is 0 Å². The first-order chi connectivity index (χ1) is 10.6. The lowest BCUT2D eigenvalue weighted by molar-refractivity contribution is -0.111. The third-order valence-electron chi connectivity index (χ3n) is 3.32. The fourth-order valence-corrected chi connectivity index (χ4v) is 2.12. The summed E-state index contributed by atoms with van der Waals surface area (Å²) in [6, 6.07) is 13.0. The van der Waals surface area contributed by atoms with Crippen molar-refractivity contribution in [3.05, 3.63) is 70.8 Å². The van der Waals surface area contributed by atoms with Crippen LogP contribution in [-0.2, 0) is 4.79 Å². The number of carbonyl (C=O) groups excluding carboxylic acids is 1. The van der Waals surface area contributed by atoms with Crippen molar-refractivity contribution >= 4 is 23.2 Å². The van der Waals surface area contributed by atoms with Crippen molar-refractivity contribution in [3.8, 4) is 5.75 Å². The van der Waals surface area contributed by atoms with Gasteiger partial charge in [-0.05, 0) is 55.3 Å². The van der Waals surface area contributed by atoms with Gasteiger partial charge < -0.3 is 10.1 Å². The molecule has 1 amide bonds. The molecule has 0 aromatic heterocycles. The highest BCUT2D eigenvalue weighted by molar-refractivity contribution is 6.31. The van der Waals surface area contributed by atoms with Crippen LogP contribution in [-0.4, -0.2) is 12.5 Å². The van der Waals surface area contributed by atoms with Crippen LogP contribution in [0.1, 0.15) is 11.1 Å². The number of carbonyl (C=O) groups is 1. The first-order valence-corrected chi connectivity index (χ1v) is 7.37. The van der Waals surface area contributed by atoms with Crippen molar-refractivity contribution in [1.29, 1.82) is 0 Å². The van der Waals surface area contributed by atoms with Gasteiger partial charge in [-0.2, -0.15) is 0 Å². The number of rotatable bonds is 5. The van der Waals surface area contributed by atoms with Crippen LogP contribution in [0.15, 0.2) is 54.6 Å². The van der Waals surface area contributed by atoms with E-state index in [-0.39, 0.29) is 5.91 Å². The van der Waals surface area contributed by atoms with E-state index in [4.69, 9.17) is 16.3 Å². The lowest BCUT2D eigenvalue weighted by Gasteiger charge is -2.10. The number of anilines is 1. The highest BCUT2D eigenvalue weighted by Gasteiger charge is 2.05. The van der Waals surface area contributed by atoms with Crippen LogP contribution >= 0.6 is 11.6 Å². The first-order valence-electron chi connectivity index (χ1n) is 6.99. The average molecular weight is 316 g/mol. The Balaban J connectivity index is 1.86. The van der Waals surface area contributed by atoms with Crippen LogP contribution in [0.4, 0.5) is 5.69 Å². The van der Waals surface area contributed by atoms with Gasteiger partial charge in [0.15, 0.2) is 0 Å². The molecule has 1 N–H and O–H groups in total. The lowest BCUT2D eigenvalue weighted by Crippen LogP contribution is -2.08. The van der Waals surface area contributed by atoms with Gasteiger partial charge in [0, 0.05) is 16.8 Å². The molecule has 2 aromatic rings. The minimum atomic E-state index is -0.182. The molecule has 114 valence electrons. The van der Waals surface area contributed by atoms with Crippen molar-refractivity contribution in [2.75, 3.05) is 11.9 Å². The van der Waals surface area contributed by atoms with E-state index in [1.54, 1.807) is 6.08 Å². The Labute approximate surface area is 135 Å². The smallest absolute Gasteiger partial charge is 0.248 e. The maximum Gasteiger partial charge on any atom is 0.248 e. The standard InChI is InChI=1S/C18H18ClNO2/c1-13-14(2)17(11-10-16(13)19)22-12-6-9-18(21)20-15-7-4-3-5-8-15/h3-11H,12H2,1-2H3,(H,20,21)/b9-6+. The van der Waals surface area contributed by atoms with E-state index < -0.39 is 0 Å². The number of amides is 1. The Morgan fingerprint density at radius 1 is 1.14 bits per heavy atom. The zero-order valence-electron chi connectivity index (χ0n) is 12.6. The van der Waals surface area contributed by atoms with Gasteiger partial charge in [-0.1, -0.05) is 29.8 Å². The molecule has 2 rings (SSSR count). The lowest BCUT2D eigenvalue weighted by atomic mass is 10.1. The fraction of sp³-hybridized carbons (Fsp3) is 0.167. The molecule has 0 heterocycles. The van der Waals surface area contributed by atoms with E-state index in [0.717, 1.165) is 27.6 Å². The maximum absolute atomic E-state index is 11.7. The Kier molecular flexibility index (Phi) is 5.61. The second kappa shape index (κ2) is 7.66. The van der Waals surface area contributed by atoms with E-state index in [2.05, 4.69) is 5.32 Å². The highest BCUT2D eigenvalue weighted by atomic mass is 35.5. The normalized spacial score (nSPS) is 10.7. The van der Waals surface area contributed by atoms with Crippen molar-refractivity contribution in [3.63, 3.8) is 0 Å². The molecule has 2 aromatic carbocycles. The largest absolute Gasteiger partial charge is 0.489 e. The summed E-state index contributed by atoms with van der Waals surface area (Å²) in [5.74, 6) is 0.592. The van der Waals surface area contributed by atoms with Gasteiger partial charge in [0.05, 0.1) is 0 Å². The predicted molar refractivity (Wildman–Crippen MR) is 90.6 cm³/mol. The zero-order chi connectivity index (χ0) is 15.9. The number of para-hydroxylation sites is 1. The number of hydrogen-bond donors (Lipinski definition) is 1. The van der Waals surface area contributed by atoms with E-state index in [1.807, 2.05) is 56.3 Å². The Morgan fingerprint density at radius 2 is 1.86 bits per heavy atom. The molecular weight excluding hydrogens is 298 g/mol. The summed E-state index contributed by atoms with van der Waals surface area (Å²) in [5.41, 5.74) is 2.78. The second-order valence-electron chi connectivity index (χ2n) is 4.86. The molecule has 0 atom stereocenters. The van der Waals surface area contributed by atoms with Gasteiger partial charge in [0.25, 0.3) is 0 Å². The first kappa shape index (κ1) is 16.1. The molecule has 0 saturated heterocycles. The van der Waals surface area contributed by atoms with Crippen molar-refractivity contribution < 1.29 is 9.53 Å². The molecule has 0 fully saturated rings. The molecular formula is C18H18ClNO2. The molecule has 0 aliphatic heterocycles. The van der Waals surface area contributed by atoms with Crippen LogP contribution in [0.2, 0.25) is 5.02 Å². The third-order valence-corrected chi connectivity index (χ3v) is 3.73. The van der Waals surface area contributed by atoms with Crippen LogP contribution in [0.25, 0.3) is 0 Å². The number of hydrogen-bond acceptors (Lipinski definition) is 2. The molecule has 0 aliphatic rings. The molecule has 0 unspecified atom stereocenters. The molecule has 0 bridgehead atoms. The van der Waals surface area contributed by atoms with Gasteiger partial charge in [-0.25, -0.2) is 0 Å². The minimum Gasteiger partial charge on any atom is -0.489 e. The molecule has 22 heavy (non-hydrogen) atoms. The van der Waals surface area contributed by atoms with Crippen LogP contribution < -0.4 is 10.1 Å².